The maximum Gasteiger partial charge on any atom is 0.406 e. The zero-order valence-electron chi connectivity index (χ0n) is 22.7. The van der Waals surface area contributed by atoms with E-state index in [1.165, 1.54) is 13.0 Å². The lowest BCUT2D eigenvalue weighted by Gasteiger charge is -2.30. The summed E-state index contributed by atoms with van der Waals surface area (Å²) in [6.45, 7) is -0.141. The zero-order valence-corrected chi connectivity index (χ0v) is 22.7. The standard InChI is InChI=1S/C27H29F6N5O4/c1-13(26(41)38(2)12-27(31,32)33)17-9-10-19(18(28)11-17)34-24(39)21(15-5-7-16(8-6-15)23(29)30)35-25(40)22-20(14-3-4-14)36-42-37-22/h9-11,13-15,21H,3-8,12H2,1-2H3,(H,34,39)(H,35,40). The van der Waals surface area contributed by atoms with Crippen LogP contribution in [-0.4, -0.2) is 58.7 Å². The second-order valence-corrected chi connectivity index (χ2v) is 10.7. The van der Waals surface area contributed by atoms with Crippen LogP contribution in [0.4, 0.5) is 32.0 Å². The van der Waals surface area contributed by atoms with Crippen molar-refractivity contribution >= 4 is 23.4 Å². The molecule has 2 aliphatic carbocycles. The van der Waals surface area contributed by atoms with Gasteiger partial charge in [-0.25, -0.2) is 9.02 Å². The Hall–Kier alpha value is -3.91. The van der Waals surface area contributed by atoms with E-state index in [1.54, 1.807) is 0 Å². The summed E-state index contributed by atoms with van der Waals surface area (Å²) in [4.78, 5) is 39.4. The fourth-order valence-corrected chi connectivity index (χ4v) is 5.03. The Morgan fingerprint density at radius 1 is 1.10 bits per heavy atom. The van der Waals surface area contributed by atoms with Crippen molar-refractivity contribution in [1.29, 1.82) is 0 Å². The summed E-state index contributed by atoms with van der Waals surface area (Å²) >= 11 is 0. The Kier molecular flexibility index (Phi) is 9.26. The van der Waals surface area contributed by atoms with Crippen LogP contribution in [-0.2, 0) is 9.59 Å². The normalized spacial score (nSPS) is 18.7. The minimum Gasteiger partial charge on any atom is -0.338 e. The van der Waals surface area contributed by atoms with E-state index in [4.69, 9.17) is 4.63 Å². The number of benzene rings is 1. The first-order valence-electron chi connectivity index (χ1n) is 13.3. The third-order valence-corrected chi connectivity index (χ3v) is 7.55. The number of likely N-dealkylation sites (N-methyl/N-ethyl adjacent to an activating group) is 1. The lowest BCUT2D eigenvalue weighted by molar-refractivity contribution is -0.159. The van der Waals surface area contributed by atoms with Crippen molar-refractivity contribution in [3.05, 3.63) is 52.6 Å². The van der Waals surface area contributed by atoms with E-state index in [1.807, 2.05) is 0 Å². The Morgan fingerprint density at radius 2 is 1.76 bits per heavy atom. The molecule has 9 nitrogen and oxygen atoms in total. The van der Waals surface area contributed by atoms with Crippen molar-refractivity contribution in [2.45, 2.75) is 69.5 Å². The summed E-state index contributed by atoms with van der Waals surface area (Å²) in [6.07, 6.45) is -4.44. The highest BCUT2D eigenvalue weighted by atomic mass is 19.4. The van der Waals surface area contributed by atoms with E-state index in [9.17, 15) is 36.3 Å². The van der Waals surface area contributed by atoms with E-state index < -0.39 is 60.2 Å². The molecule has 2 atom stereocenters. The van der Waals surface area contributed by atoms with Gasteiger partial charge in [-0.05, 0) is 79.8 Å². The molecule has 3 amide bonds. The van der Waals surface area contributed by atoms with Gasteiger partial charge in [-0.3, -0.25) is 14.4 Å². The zero-order chi connectivity index (χ0) is 30.8. The van der Waals surface area contributed by atoms with Crippen molar-refractivity contribution in [2.24, 2.45) is 5.92 Å². The van der Waals surface area contributed by atoms with Crippen LogP contribution in [0.5, 0.6) is 0 Å². The second kappa shape index (κ2) is 12.5. The number of allylic oxidation sites excluding steroid dienone is 1. The minimum atomic E-state index is -4.60. The molecule has 2 fully saturated rings. The summed E-state index contributed by atoms with van der Waals surface area (Å²) in [7, 11) is 0.987. The highest BCUT2D eigenvalue weighted by Gasteiger charge is 2.38. The van der Waals surface area contributed by atoms with Gasteiger partial charge in [-0.15, -0.1) is 0 Å². The third kappa shape index (κ3) is 7.48. The van der Waals surface area contributed by atoms with Gasteiger partial charge in [0.1, 0.15) is 24.1 Å². The monoisotopic (exact) mass is 601 g/mol. The predicted octanol–water partition coefficient (Wildman–Crippen LogP) is 5.29. The summed E-state index contributed by atoms with van der Waals surface area (Å²) in [5.41, 5.74) is 0.0108. The summed E-state index contributed by atoms with van der Waals surface area (Å²) in [5.74, 6) is -5.07. The maximum atomic E-state index is 15.1. The number of carbonyl (C=O) groups excluding carboxylic acids is 3. The van der Waals surface area contributed by atoms with Crippen LogP contribution in [0.1, 0.15) is 79.0 Å². The number of hydrogen-bond donors (Lipinski definition) is 2. The van der Waals surface area contributed by atoms with E-state index in [2.05, 4.69) is 20.9 Å². The van der Waals surface area contributed by atoms with E-state index >= 15 is 4.39 Å². The maximum absolute atomic E-state index is 15.1. The van der Waals surface area contributed by atoms with E-state index in [-0.39, 0.29) is 54.1 Å². The number of hydrogen-bond acceptors (Lipinski definition) is 6. The molecule has 0 spiro atoms. The summed E-state index contributed by atoms with van der Waals surface area (Å²) in [6, 6.07) is 2.13. The summed E-state index contributed by atoms with van der Waals surface area (Å²) < 4.78 is 84.0. The lowest BCUT2D eigenvalue weighted by Crippen LogP contribution is -2.49. The molecule has 0 bridgehead atoms. The smallest absolute Gasteiger partial charge is 0.338 e. The van der Waals surface area contributed by atoms with Crippen LogP contribution in [0.3, 0.4) is 0 Å². The Labute approximate surface area is 236 Å². The SMILES string of the molecule is CC(C(=O)N(C)CC(F)(F)F)c1ccc(NC(=O)C(NC(=O)c2nonc2C2CC2)C2CCC(=C(F)F)CC2)c(F)c1. The molecule has 2 aliphatic rings. The van der Waals surface area contributed by atoms with Crippen LogP contribution in [0, 0.1) is 11.7 Å². The molecule has 2 saturated carbocycles. The Balaban J connectivity index is 1.50. The molecule has 15 heteroatoms. The number of carbonyl (C=O) groups is 3. The first kappa shape index (κ1) is 31.0. The largest absolute Gasteiger partial charge is 0.406 e. The number of aromatic nitrogens is 2. The van der Waals surface area contributed by atoms with Crippen molar-refractivity contribution < 1.29 is 45.4 Å². The number of nitrogens with zero attached hydrogens (tertiary/aromatic N) is 3. The quantitative estimate of drug-likeness (QED) is 0.378. The van der Waals surface area contributed by atoms with E-state index in [0.717, 1.165) is 32.0 Å². The predicted molar refractivity (Wildman–Crippen MR) is 136 cm³/mol. The highest BCUT2D eigenvalue weighted by Crippen LogP contribution is 2.40. The van der Waals surface area contributed by atoms with E-state index in [0.29, 0.717) is 10.6 Å². The first-order chi connectivity index (χ1) is 19.7. The number of anilines is 1. The third-order valence-electron chi connectivity index (χ3n) is 7.55. The lowest BCUT2D eigenvalue weighted by atomic mass is 9.81. The first-order valence-corrected chi connectivity index (χ1v) is 13.3. The van der Waals surface area contributed by atoms with Gasteiger partial charge in [0, 0.05) is 13.0 Å². The van der Waals surface area contributed by atoms with Crippen molar-refractivity contribution in [3.8, 4) is 0 Å². The van der Waals surface area contributed by atoms with Gasteiger partial charge < -0.3 is 15.5 Å². The molecule has 42 heavy (non-hydrogen) atoms. The molecular formula is C27H29F6N5O4. The number of alkyl halides is 3. The average molecular weight is 602 g/mol. The summed E-state index contributed by atoms with van der Waals surface area (Å²) in [5, 5.41) is 12.4. The molecule has 2 aromatic rings. The number of halogens is 6. The van der Waals surface area contributed by atoms with Gasteiger partial charge in [0.25, 0.3) is 12.0 Å². The fraction of sp³-hybridized carbons (Fsp3) is 0.519. The average Bonchev–Trinajstić information content (AvgIpc) is 3.66. The van der Waals surface area contributed by atoms with Crippen molar-refractivity contribution in [1.82, 2.24) is 20.5 Å². The van der Waals surface area contributed by atoms with Gasteiger partial charge in [-0.2, -0.15) is 22.0 Å². The van der Waals surface area contributed by atoms with Gasteiger partial charge >= 0.3 is 6.18 Å². The van der Waals surface area contributed by atoms with Gasteiger partial charge in [0.2, 0.25) is 11.8 Å². The fourth-order valence-electron chi connectivity index (χ4n) is 5.03. The van der Waals surface area contributed by atoms with Gasteiger partial charge in [0.05, 0.1) is 11.6 Å². The molecule has 1 heterocycles. The number of amides is 3. The molecule has 228 valence electrons. The van der Waals surface area contributed by atoms with Crippen LogP contribution in [0.2, 0.25) is 0 Å². The molecule has 1 aromatic heterocycles. The van der Waals surface area contributed by atoms with Crippen LogP contribution in [0.25, 0.3) is 0 Å². The Bertz CT molecular complexity index is 1360. The highest BCUT2D eigenvalue weighted by molar-refractivity contribution is 6.01. The molecule has 2 unspecified atom stereocenters. The van der Waals surface area contributed by atoms with Crippen LogP contribution >= 0.6 is 0 Å². The van der Waals surface area contributed by atoms with Gasteiger partial charge in [0.15, 0.2) is 5.69 Å². The molecular weight excluding hydrogens is 572 g/mol. The van der Waals surface area contributed by atoms with Gasteiger partial charge in [-0.1, -0.05) is 11.2 Å². The number of rotatable bonds is 9. The molecule has 2 N–H and O–H groups in total. The van der Waals surface area contributed by atoms with Crippen LogP contribution < -0.4 is 10.6 Å². The second-order valence-electron chi connectivity index (χ2n) is 10.7. The topological polar surface area (TPSA) is 117 Å². The van der Waals surface area contributed by atoms with Crippen molar-refractivity contribution in [3.63, 3.8) is 0 Å². The van der Waals surface area contributed by atoms with Crippen LogP contribution in [0.15, 0.2) is 34.5 Å². The molecule has 0 aliphatic heterocycles. The molecule has 1 aromatic carbocycles. The van der Waals surface area contributed by atoms with Crippen molar-refractivity contribution in [2.75, 3.05) is 18.9 Å². The molecule has 4 rings (SSSR count). The Morgan fingerprint density at radius 3 is 2.33 bits per heavy atom. The minimum absolute atomic E-state index is 0.00863. The molecule has 0 saturated heterocycles. The molecule has 0 radical (unpaired) electrons. The number of nitrogens with one attached hydrogen (secondary N) is 2.